The van der Waals surface area contributed by atoms with Crippen LogP contribution in [-0.2, 0) is 0 Å². The molecule has 0 aliphatic carbocycles. The number of benzene rings is 1. The molecule has 0 saturated heterocycles. The normalized spacial score (nSPS) is 10.6. The lowest BCUT2D eigenvalue weighted by Gasteiger charge is -2.03. The first kappa shape index (κ1) is 10.4. The van der Waals surface area contributed by atoms with E-state index < -0.39 is 5.97 Å². The Morgan fingerprint density at radius 3 is 2.56 bits per heavy atom. The molecule has 1 aromatic heterocycles. The number of aromatic carboxylic acids is 1. The van der Waals surface area contributed by atoms with E-state index in [9.17, 15) is 9.59 Å². The van der Waals surface area contributed by atoms with Crippen molar-refractivity contribution >= 4 is 16.9 Å². The minimum absolute atomic E-state index is 0.328. The van der Waals surface area contributed by atoms with Crippen LogP contribution in [0.4, 0.5) is 0 Å². The lowest BCUT2D eigenvalue weighted by atomic mass is 10.1. The molecular formula is C12H10O4. The van der Waals surface area contributed by atoms with Crippen LogP contribution in [0.15, 0.2) is 27.4 Å². The van der Waals surface area contributed by atoms with Gasteiger partial charge in [-0.05, 0) is 31.0 Å². The number of fused-ring (bicyclic) bond motifs is 1. The summed E-state index contributed by atoms with van der Waals surface area (Å²) < 4.78 is 5.19. The van der Waals surface area contributed by atoms with E-state index in [2.05, 4.69) is 0 Å². The Bertz CT molecular complexity index is 637. The summed E-state index contributed by atoms with van der Waals surface area (Å²) in [5.41, 5.74) is 1.72. The van der Waals surface area contributed by atoms with Gasteiger partial charge >= 0.3 is 5.97 Å². The van der Waals surface area contributed by atoms with Crippen molar-refractivity contribution in [2.75, 3.05) is 0 Å². The highest BCUT2D eigenvalue weighted by Gasteiger charge is 2.12. The zero-order chi connectivity index (χ0) is 11.9. The Hall–Kier alpha value is -2.10. The van der Waals surface area contributed by atoms with Gasteiger partial charge in [-0.2, -0.15) is 0 Å². The van der Waals surface area contributed by atoms with Gasteiger partial charge in [0.15, 0.2) is 5.43 Å². The summed E-state index contributed by atoms with van der Waals surface area (Å²) in [4.78, 5) is 22.4. The number of hydrogen-bond donors (Lipinski definition) is 1. The molecule has 0 bridgehead atoms. The summed E-state index contributed by atoms with van der Waals surface area (Å²) in [5.74, 6) is -1.57. The number of carbonyl (C=O) groups is 1. The summed E-state index contributed by atoms with van der Waals surface area (Å²) in [6.45, 7) is 3.65. The third kappa shape index (κ3) is 1.58. The molecule has 0 fully saturated rings. The van der Waals surface area contributed by atoms with Crippen LogP contribution >= 0.6 is 0 Å². The lowest BCUT2D eigenvalue weighted by Crippen LogP contribution is -2.07. The molecule has 1 aromatic carbocycles. The summed E-state index contributed by atoms with van der Waals surface area (Å²) in [6.07, 6.45) is 0. The Morgan fingerprint density at radius 1 is 1.25 bits per heavy atom. The second kappa shape index (κ2) is 3.48. The van der Waals surface area contributed by atoms with Crippen molar-refractivity contribution in [1.82, 2.24) is 0 Å². The van der Waals surface area contributed by atoms with E-state index in [1.165, 1.54) is 0 Å². The molecule has 0 radical (unpaired) electrons. The van der Waals surface area contributed by atoms with E-state index in [0.717, 1.165) is 17.2 Å². The Balaban J connectivity index is 2.93. The minimum Gasteiger partial charge on any atom is -0.475 e. The molecule has 82 valence electrons. The molecule has 4 nitrogen and oxygen atoms in total. The van der Waals surface area contributed by atoms with Crippen LogP contribution in [-0.4, -0.2) is 11.1 Å². The molecule has 0 aliphatic rings. The predicted molar refractivity (Wildman–Crippen MR) is 58.9 cm³/mol. The fourth-order valence-electron chi connectivity index (χ4n) is 1.71. The van der Waals surface area contributed by atoms with E-state index in [-0.39, 0.29) is 11.2 Å². The fourth-order valence-corrected chi connectivity index (χ4v) is 1.71. The maximum absolute atomic E-state index is 11.7. The van der Waals surface area contributed by atoms with E-state index in [4.69, 9.17) is 9.52 Å². The van der Waals surface area contributed by atoms with Gasteiger partial charge in [-0.25, -0.2) is 4.79 Å². The van der Waals surface area contributed by atoms with Crippen LogP contribution in [0, 0.1) is 13.8 Å². The monoisotopic (exact) mass is 218 g/mol. The molecule has 4 heteroatoms. The van der Waals surface area contributed by atoms with Crippen molar-refractivity contribution < 1.29 is 14.3 Å². The molecule has 0 saturated carbocycles. The van der Waals surface area contributed by atoms with Crippen molar-refractivity contribution in [3.05, 3.63) is 45.3 Å². The maximum atomic E-state index is 11.7. The number of carboxylic acids is 1. The lowest BCUT2D eigenvalue weighted by molar-refractivity contribution is 0.0663. The van der Waals surface area contributed by atoms with Crippen LogP contribution in [0.3, 0.4) is 0 Å². The molecule has 0 aliphatic heterocycles. The van der Waals surface area contributed by atoms with Crippen molar-refractivity contribution in [1.29, 1.82) is 0 Å². The Labute approximate surface area is 91.1 Å². The summed E-state index contributed by atoms with van der Waals surface area (Å²) >= 11 is 0. The third-order valence-corrected chi connectivity index (χ3v) is 2.37. The average molecular weight is 218 g/mol. The topological polar surface area (TPSA) is 67.5 Å². The first-order valence-electron chi connectivity index (χ1n) is 4.77. The SMILES string of the molecule is Cc1cc(C)c2oc(C(=O)O)cc(=O)c2c1. The van der Waals surface area contributed by atoms with Crippen molar-refractivity contribution in [2.45, 2.75) is 13.8 Å². The fraction of sp³-hybridized carbons (Fsp3) is 0.167. The molecule has 1 N–H and O–H groups in total. The van der Waals surface area contributed by atoms with Gasteiger partial charge in [0, 0.05) is 6.07 Å². The van der Waals surface area contributed by atoms with Gasteiger partial charge < -0.3 is 9.52 Å². The molecule has 0 spiro atoms. The predicted octanol–water partition coefficient (Wildman–Crippen LogP) is 2.11. The number of rotatable bonds is 1. The van der Waals surface area contributed by atoms with Gasteiger partial charge in [0.2, 0.25) is 5.76 Å². The second-order valence-corrected chi connectivity index (χ2v) is 3.74. The van der Waals surface area contributed by atoms with Gasteiger partial charge in [0.05, 0.1) is 5.39 Å². The van der Waals surface area contributed by atoms with Crippen LogP contribution < -0.4 is 5.43 Å². The van der Waals surface area contributed by atoms with Crippen LogP contribution in [0.5, 0.6) is 0 Å². The highest BCUT2D eigenvalue weighted by molar-refractivity contribution is 5.88. The van der Waals surface area contributed by atoms with Gasteiger partial charge in [-0.15, -0.1) is 0 Å². The molecule has 16 heavy (non-hydrogen) atoms. The zero-order valence-electron chi connectivity index (χ0n) is 8.90. The van der Waals surface area contributed by atoms with Gasteiger partial charge in [0.1, 0.15) is 5.58 Å². The summed E-state index contributed by atoms with van der Waals surface area (Å²) in [5, 5.41) is 9.20. The molecule has 2 aromatic rings. The first-order valence-corrected chi connectivity index (χ1v) is 4.77. The van der Waals surface area contributed by atoms with Crippen molar-refractivity contribution in [2.24, 2.45) is 0 Å². The zero-order valence-corrected chi connectivity index (χ0v) is 8.90. The molecular weight excluding hydrogens is 208 g/mol. The van der Waals surface area contributed by atoms with Crippen LogP contribution in [0.1, 0.15) is 21.7 Å². The Morgan fingerprint density at radius 2 is 1.94 bits per heavy atom. The largest absolute Gasteiger partial charge is 0.475 e. The van der Waals surface area contributed by atoms with E-state index in [0.29, 0.717) is 11.0 Å². The first-order chi connectivity index (χ1) is 7.49. The molecule has 0 unspecified atom stereocenters. The van der Waals surface area contributed by atoms with Gasteiger partial charge in [-0.1, -0.05) is 6.07 Å². The number of hydrogen-bond acceptors (Lipinski definition) is 3. The van der Waals surface area contributed by atoms with Crippen LogP contribution in [0.25, 0.3) is 11.0 Å². The van der Waals surface area contributed by atoms with E-state index in [1.807, 2.05) is 13.0 Å². The quantitative estimate of drug-likeness (QED) is 0.795. The van der Waals surface area contributed by atoms with Gasteiger partial charge in [-0.3, -0.25) is 4.79 Å². The smallest absolute Gasteiger partial charge is 0.371 e. The third-order valence-electron chi connectivity index (χ3n) is 2.37. The molecule has 0 atom stereocenters. The van der Waals surface area contributed by atoms with Gasteiger partial charge in [0.25, 0.3) is 0 Å². The van der Waals surface area contributed by atoms with Crippen LogP contribution in [0.2, 0.25) is 0 Å². The second-order valence-electron chi connectivity index (χ2n) is 3.74. The molecule has 2 rings (SSSR count). The average Bonchev–Trinajstić information content (AvgIpc) is 2.19. The van der Waals surface area contributed by atoms with Crippen molar-refractivity contribution in [3.8, 4) is 0 Å². The van der Waals surface area contributed by atoms with E-state index >= 15 is 0 Å². The molecule has 1 heterocycles. The number of carboxylic acid groups (broad SMARTS) is 1. The maximum Gasteiger partial charge on any atom is 0.371 e. The summed E-state index contributed by atoms with van der Waals surface area (Å²) in [6, 6.07) is 4.54. The highest BCUT2D eigenvalue weighted by Crippen LogP contribution is 2.18. The molecule has 0 amide bonds. The number of aryl methyl sites for hydroxylation is 2. The van der Waals surface area contributed by atoms with Crippen molar-refractivity contribution in [3.63, 3.8) is 0 Å². The highest BCUT2D eigenvalue weighted by atomic mass is 16.4. The minimum atomic E-state index is -1.24. The Kier molecular flexibility index (Phi) is 2.27. The standard InChI is InChI=1S/C12H10O4/c1-6-3-7(2)11-8(4-6)9(13)5-10(16-11)12(14)15/h3-5H,1-2H3,(H,14,15). The summed E-state index contributed by atoms with van der Waals surface area (Å²) in [7, 11) is 0. The van der Waals surface area contributed by atoms with E-state index in [1.54, 1.807) is 13.0 Å².